The fourth-order valence-corrected chi connectivity index (χ4v) is 3.92. The molecule has 182 valence electrons. The van der Waals surface area contributed by atoms with Gasteiger partial charge in [-0.1, -0.05) is 20.8 Å². The number of rotatable bonds is 13. The van der Waals surface area contributed by atoms with Crippen LogP contribution in [0.3, 0.4) is 0 Å². The third-order valence-electron chi connectivity index (χ3n) is 4.59. The molecule has 4 unspecified atom stereocenters. The SMILES string of the molecule is CC(C)(C)OC(=O)CCOCC(N)(CC(O)CC(=O)O)C(C(O)CC(=O)O)C(C)(C)C. The van der Waals surface area contributed by atoms with E-state index in [-0.39, 0.29) is 26.1 Å². The predicted octanol–water partition coefficient (Wildman–Crippen LogP) is 1.16. The molecule has 0 aliphatic heterocycles. The van der Waals surface area contributed by atoms with Crippen molar-refractivity contribution in [2.24, 2.45) is 17.1 Å². The van der Waals surface area contributed by atoms with Crippen molar-refractivity contribution in [1.82, 2.24) is 0 Å². The highest BCUT2D eigenvalue weighted by molar-refractivity contribution is 5.70. The average molecular weight is 450 g/mol. The standard InChI is InChI=1S/C21H39NO9/c1-19(2,3)18(14(24)10-16(27)28)21(22,11-13(23)9-15(25)26)12-30-8-7-17(29)31-20(4,5)6/h13-14,18,23-24H,7-12,22H2,1-6H3,(H,25,26)(H,27,28). The van der Waals surface area contributed by atoms with Crippen LogP contribution in [0.25, 0.3) is 0 Å². The van der Waals surface area contributed by atoms with Gasteiger partial charge in [-0.15, -0.1) is 0 Å². The van der Waals surface area contributed by atoms with Crippen LogP contribution >= 0.6 is 0 Å². The summed E-state index contributed by atoms with van der Waals surface area (Å²) in [5.41, 5.74) is 3.74. The van der Waals surface area contributed by atoms with Gasteiger partial charge in [-0.3, -0.25) is 14.4 Å². The lowest BCUT2D eigenvalue weighted by atomic mass is 9.64. The number of ether oxygens (including phenoxy) is 2. The lowest BCUT2D eigenvalue weighted by molar-refractivity contribution is -0.157. The van der Waals surface area contributed by atoms with E-state index in [9.17, 15) is 24.6 Å². The summed E-state index contributed by atoms with van der Waals surface area (Å²) in [7, 11) is 0. The molecule has 10 nitrogen and oxygen atoms in total. The lowest BCUT2D eigenvalue weighted by Crippen LogP contribution is -2.61. The molecule has 0 rings (SSSR count). The average Bonchev–Trinajstić information content (AvgIpc) is 2.46. The molecule has 0 fully saturated rings. The highest BCUT2D eigenvalue weighted by Crippen LogP contribution is 2.40. The maximum atomic E-state index is 11.9. The topological polar surface area (TPSA) is 177 Å². The van der Waals surface area contributed by atoms with Gasteiger partial charge in [0.1, 0.15) is 5.60 Å². The molecular weight excluding hydrogens is 410 g/mol. The molecule has 0 radical (unpaired) electrons. The van der Waals surface area contributed by atoms with Crippen LogP contribution in [0.1, 0.15) is 67.2 Å². The number of carbonyl (C=O) groups excluding carboxylic acids is 1. The molecule has 0 saturated heterocycles. The van der Waals surface area contributed by atoms with Crippen LogP contribution < -0.4 is 5.73 Å². The molecule has 0 amide bonds. The zero-order valence-corrected chi connectivity index (χ0v) is 19.4. The second-order valence-corrected chi connectivity index (χ2v) is 10.1. The molecule has 10 heteroatoms. The minimum absolute atomic E-state index is 0.0468. The van der Waals surface area contributed by atoms with E-state index in [0.717, 1.165) is 0 Å². The molecule has 0 aliphatic rings. The first-order valence-electron chi connectivity index (χ1n) is 10.3. The minimum atomic E-state index is -1.46. The van der Waals surface area contributed by atoms with E-state index in [1.807, 2.05) is 0 Å². The molecule has 4 atom stereocenters. The third-order valence-corrected chi connectivity index (χ3v) is 4.59. The van der Waals surface area contributed by atoms with Gasteiger partial charge in [0.25, 0.3) is 0 Å². The van der Waals surface area contributed by atoms with E-state index in [2.05, 4.69) is 0 Å². The van der Waals surface area contributed by atoms with Crippen molar-refractivity contribution in [2.45, 2.75) is 90.6 Å². The number of aliphatic carboxylic acids is 2. The van der Waals surface area contributed by atoms with Gasteiger partial charge >= 0.3 is 17.9 Å². The predicted molar refractivity (Wildman–Crippen MR) is 112 cm³/mol. The smallest absolute Gasteiger partial charge is 0.308 e. The fraction of sp³-hybridized carbons (Fsp3) is 0.857. The van der Waals surface area contributed by atoms with Gasteiger partial charge in [0.15, 0.2) is 0 Å². The molecule has 0 aromatic heterocycles. The number of esters is 1. The monoisotopic (exact) mass is 449 g/mol. The number of aliphatic hydroxyl groups is 2. The summed E-state index contributed by atoms with van der Waals surface area (Å²) in [4.78, 5) is 34.0. The highest BCUT2D eigenvalue weighted by Gasteiger charge is 2.47. The molecule has 31 heavy (non-hydrogen) atoms. The van der Waals surface area contributed by atoms with Crippen LogP contribution in [0.5, 0.6) is 0 Å². The number of carbonyl (C=O) groups is 3. The Bertz CT molecular complexity index is 609. The number of carboxylic acids is 2. The van der Waals surface area contributed by atoms with Crippen LogP contribution in [0, 0.1) is 11.3 Å². The molecule has 0 bridgehead atoms. The molecular formula is C21H39NO9. The van der Waals surface area contributed by atoms with Crippen molar-refractivity contribution in [3.63, 3.8) is 0 Å². The summed E-state index contributed by atoms with van der Waals surface area (Å²) in [5, 5.41) is 38.9. The van der Waals surface area contributed by atoms with E-state index in [0.29, 0.717) is 0 Å². The van der Waals surface area contributed by atoms with Crippen LogP contribution in [-0.2, 0) is 23.9 Å². The molecule has 0 spiro atoms. The third kappa shape index (κ3) is 12.0. The van der Waals surface area contributed by atoms with Crippen molar-refractivity contribution in [1.29, 1.82) is 0 Å². The first-order valence-corrected chi connectivity index (χ1v) is 10.3. The van der Waals surface area contributed by atoms with Gasteiger partial charge in [0, 0.05) is 11.5 Å². The number of nitrogens with two attached hydrogens (primary N) is 1. The Labute approximate surface area is 183 Å². The Hall–Kier alpha value is -1.75. The number of hydrogen-bond acceptors (Lipinski definition) is 8. The van der Waals surface area contributed by atoms with Gasteiger partial charge in [-0.05, 0) is 32.6 Å². The largest absolute Gasteiger partial charge is 0.481 e. The van der Waals surface area contributed by atoms with Crippen molar-refractivity contribution < 1.29 is 44.3 Å². The summed E-state index contributed by atoms with van der Waals surface area (Å²) < 4.78 is 10.8. The van der Waals surface area contributed by atoms with Gasteiger partial charge in [-0.2, -0.15) is 0 Å². The van der Waals surface area contributed by atoms with E-state index in [1.165, 1.54) is 0 Å². The summed E-state index contributed by atoms with van der Waals surface area (Å²) in [6.07, 6.45) is -4.14. The van der Waals surface area contributed by atoms with E-state index >= 15 is 0 Å². The van der Waals surface area contributed by atoms with E-state index in [4.69, 9.17) is 25.4 Å². The zero-order valence-electron chi connectivity index (χ0n) is 19.4. The van der Waals surface area contributed by atoms with Gasteiger partial charge in [0.05, 0.1) is 44.7 Å². The summed E-state index contributed by atoms with van der Waals surface area (Å²) in [5.74, 6) is -3.78. The minimum Gasteiger partial charge on any atom is -0.481 e. The normalized spacial score (nSPS) is 17.3. The van der Waals surface area contributed by atoms with Crippen LogP contribution in [-0.4, -0.2) is 74.9 Å². The Balaban J connectivity index is 5.53. The van der Waals surface area contributed by atoms with Gasteiger partial charge in [0.2, 0.25) is 0 Å². The molecule has 0 aliphatic carbocycles. The first kappa shape index (κ1) is 29.2. The van der Waals surface area contributed by atoms with Crippen molar-refractivity contribution in [2.75, 3.05) is 13.2 Å². The van der Waals surface area contributed by atoms with E-state index in [1.54, 1.807) is 41.5 Å². The van der Waals surface area contributed by atoms with Crippen molar-refractivity contribution >= 4 is 17.9 Å². The van der Waals surface area contributed by atoms with Crippen LogP contribution in [0.15, 0.2) is 0 Å². The molecule has 0 aromatic carbocycles. The zero-order chi connectivity index (χ0) is 24.6. The van der Waals surface area contributed by atoms with Gasteiger partial charge in [-0.25, -0.2) is 0 Å². The van der Waals surface area contributed by atoms with Crippen LogP contribution in [0.4, 0.5) is 0 Å². The van der Waals surface area contributed by atoms with Crippen LogP contribution in [0.2, 0.25) is 0 Å². The second kappa shape index (κ2) is 11.8. The number of carboxylic acid groups (broad SMARTS) is 2. The Morgan fingerprint density at radius 2 is 1.45 bits per heavy atom. The Morgan fingerprint density at radius 1 is 0.935 bits per heavy atom. The van der Waals surface area contributed by atoms with E-state index < -0.39 is 65.4 Å². The Kier molecular flexibility index (Phi) is 11.1. The summed E-state index contributed by atoms with van der Waals surface area (Å²) in [6, 6.07) is 0. The molecule has 0 aromatic rings. The summed E-state index contributed by atoms with van der Waals surface area (Å²) in [6.45, 7) is 10.2. The van der Waals surface area contributed by atoms with Gasteiger partial charge < -0.3 is 35.6 Å². The fourth-order valence-electron chi connectivity index (χ4n) is 3.92. The first-order chi connectivity index (χ1) is 13.9. The van der Waals surface area contributed by atoms with Crippen molar-refractivity contribution in [3.05, 3.63) is 0 Å². The molecule has 0 saturated carbocycles. The number of hydrogen-bond donors (Lipinski definition) is 5. The highest BCUT2D eigenvalue weighted by atomic mass is 16.6. The quantitative estimate of drug-likeness (QED) is 0.202. The second-order valence-electron chi connectivity index (χ2n) is 10.1. The number of aliphatic hydroxyl groups excluding tert-OH is 2. The summed E-state index contributed by atoms with van der Waals surface area (Å²) >= 11 is 0. The van der Waals surface area contributed by atoms with Crippen molar-refractivity contribution in [3.8, 4) is 0 Å². The maximum absolute atomic E-state index is 11.9. The molecule has 0 heterocycles. The maximum Gasteiger partial charge on any atom is 0.308 e. The Morgan fingerprint density at radius 3 is 1.87 bits per heavy atom. The lowest BCUT2D eigenvalue weighted by Gasteiger charge is -2.47. The molecule has 6 N–H and O–H groups in total.